The maximum absolute atomic E-state index is 13.5. The number of hydrogen-bond acceptors (Lipinski definition) is 4. The molecule has 2 aromatic carbocycles. The second-order valence-corrected chi connectivity index (χ2v) is 7.91. The molecule has 3 aromatic rings. The average molecular weight is 383 g/mol. The lowest BCUT2D eigenvalue weighted by molar-refractivity contribution is 0.0963. The molecular weight excluding hydrogens is 362 g/mol. The van der Waals surface area contributed by atoms with Crippen molar-refractivity contribution in [3.63, 3.8) is 0 Å². The molecule has 140 valence electrons. The van der Waals surface area contributed by atoms with Crippen molar-refractivity contribution >= 4 is 15.7 Å². The summed E-state index contributed by atoms with van der Waals surface area (Å²) < 4.78 is 26.9. The summed E-state index contributed by atoms with van der Waals surface area (Å²) in [5.41, 5.74) is 2.25. The Hall–Kier alpha value is -2.90. The molecule has 0 saturated heterocycles. The molecule has 1 amide bonds. The van der Waals surface area contributed by atoms with Crippen LogP contribution in [0.5, 0.6) is 0 Å². The van der Waals surface area contributed by atoms with Crippen molar-refractivity contribution in [1.29, 1.82) is 0 Å². The van der Waals surface area contributed by atoms with E-state index in [1.807, 2.05) is 30.3 Å². The van der Waals surface area contributed by atoms with Crippen LogP contribution in [0.3, 0.4) is 0 Å². The molecule has 0 atom stereocenters. The van der Waals surface area contributed by atoms with Crippen molar-refractivity contribution in [3.8, 4) is 11.3 Å². The smallest absolute Gasteiger partial charge is 0.251 e. The van der Waals surface area contributed by atoms with Crippen molar-refractivity contribution in [2.45, 2.75) is 16.3 Å². The van der Waals surface area contributed by atoms with Crippen molar-refractivity contribution in [2.75, 3.05) is 14.1 Å². The first-order chi connectivity index (χ1) is 13.0. The lowest BCUT2D eigenvalue weighted by Gasteiger charge is -2.11. The Labute approximate surface area is 158 Å². The van der Waals surface area contributed by atoms with Gasteiger partial charge in [0.05, 0.1) is 10.6 Å². The second kappa shape index (κ2) is 7.77. The summed E-state index contributed by atoms with van der Waals surface area (Å²) in [4.78, 5) is 15.3. The lowest BCUT2D eigenvalue weighted by atomic mass is 10.1. The van der Waals surface area contributed by atoms with Gasteiger partial charge in [0.25, 0.3) is 5.91 Å². The van der Waals surface area contributed by atoms with E-state index in [4.69, 9.17) is 0 Å². The van der Waals surface area contributed by atoms with E-state index in [9.17, 15) is 13.2 Å². The largest absolute Gasteiger partial charge is 0.360 e. The van der Waals surface area contributed by atoms with Crippen LogP contribution in [0.2, 0.25) is 0 Å². The van der Waals surface area contributed by atoms with Crippen LogP contribution in [-0.4, -0.2) is 33.4 Å². The summed E-state index contributed by atoms with van der Waals surface area (Å²) in [7, 11) is -0.573. The quantitative estimate of drug-likeness (QED) is 0.610. The highest BCUT2D eigenvalue weighted by Crippen LogP contribution is 2.34. The van der Waals surface area contributed by atoms with E-state index in [0.717, 1.165) is 5.56 Å². The number of H-pyrrole nitrogens is 1. The van der Waals surface area contributed by atoms with Gasteiger partial charge in [-0.1, -0.05) is 36.4 Å². The van der Waals surface area contributed by atoms with Gasteiger partial charge in [0.1, 0.15) is 4.90 Å². The van der Waals surface area contributed by atoms with Gasteiger partial charge in [-0.25, -0.2) is 8.42 Å². The zero-order valence-electron chi connectivity index (χ0n) is 15.1. The molecule has 0 aliphatic rings. The summed E-state index contributed by atoms with van der Waals surface area (Å²) in [6.07, 6.45) is 1.70. The van der Waals surface area contributed by atoms with E-state index in [2.05, 4.69) is 15.6 Å². The Morgan fingerprint density at radius 2 is 1.78 bits per heavy atom. The van der Waals surface area contributed by atoms with Crippen LogP contribution in [0.25, 0.3) is 11.3 Å². The molecule has 3 rings (SSSR count). The number of rotatable bonds is 6. The first kappa shape index (κ1) is 18.9. The Bertz CT molecular complexity index is 1060. The highest BCUT2D eigenvalue weighted by molar-refractivity contribution is 7.91. The van der Waals surface area contributed by atoms with E-state index in [-0.39, 0.29) is 15.7 Å². The number of carbonyl (C=O) groups excluding carboxylic acids is 1. The average Bonchev–Trinajstić information content (AvgIpc) is 3.13. The summed E-state index contributed by atoms with van der Waals surface area (Å²) in [5.74, 6) is -0.333. The summed E-state index contributed by atoms with van der Waals surface area (Å²) >= 11 is 0. The molecule has 0 spiro atoms. The molecule has 7 heteroatoms. The molecular formula is C20H21N3O3S. The number of hydrogen-bond donors (Lipinski definition) is 3. The van der Waals surface area contributed by atoms with Crippen LogP contribution in [0.1, 0.15) is 15.9 Å². The molecule has 1 aromatic heterocycles. The third-order valence-corrected chi connectivity index (χ3v) is 6.12. The highest BCUT2D eigenvalue weighted by Gasteiger charge is 2.27. The molecule has 0 radical (unpaired) electrons. The van der Waals surface area contributed by atoms with Gasteiger partial charge in [0, 0.05) is 30.9 Å². The third kappa shape index (κ3) is 3.65. The Kier molecular flexibility index (Phi) is 5.43. The topological polar surface area (TPSA) is 91.1 Å². The van der Waals surface area contributed by atoms with Crippen LogP contribution in [0, 0.1) is 0 Å². The number of sulfone groups is 1. The SMILES string of the molecule is CNCc1c[nH]c(-c2ccccc2)c1S(=O)(=O)c1cccc(C(=O)NC)c1. The molecule has 0 bridgehead atoms. The van der Waals surface area contributed by atoms with E-state index >= 15 is 0 Å². The first-order valence-corrected chi connectivity index (χ1v) is 9.95. The van der Waals surface area contributed by atoms with Gasteiger partial charge in [0.2, 0.25) is 9.84 Å². The van der Waals surface area contributed by atoms with Gasteiger partial charge in [-0.05, 0) is 30.8 Å². The minimum Gasteiger partial charge on any atom is -0.360 e. The predicted octanol–water partition coefficient (Wildman–Crippen LogP) is 2.59. The van der Waals surface area contributed by atoms with E-state index in [1.165, 1.54) is 19.2 Å². The minimum absolute atomic E-state index is 0.0812. The molecule has 3 N–H and O–H groups in total. The number of aromatic nitrogens is 1. The fourth-order valence-electron chi connectivity index (χ4n) is 2.97. The fraction of sp³-hybridized carbons (Fsp3) is 0.150. The lowest BCUT2D eigenvalue weighted by Crippen LogP contribution is -2.18. The number of aromatic amines is 1. The number of benzene rings is 2. The van der Waals surface area contributed by atoms with Crippen molar-refractivity contribution in [2.24, 2.45) is 0 Å². The van der Waals surface area contributed by atoms with Crippen LogP contribution in [0.4, 0.5) is 0 Å². The fourth-order valence-corrected chi connectivity index (χ4v) is 4.66. The molecule has 0 aliphatic heterocycles. The van der Waals surface area contributed by atoms with Gasteiger partial charge in [-0.3, -0.25) is 4.79 Å². The number of amides is 1. The zero-order valence-corrected chi connectivity index (χ0v) is 15.9. The van der Waals surface area contributed by atoms with Crippen LogP contribution >= 0.6 is 0 Å². The van der Waals surface area contributed by atoms with E-state index in [0.29, 0.717) is 23.4 Å². The van der Waals surface area contributed by atoms with Gasteiger partial charge in [-0.2, -0.15) is 0 Å². The standard InChI is InChI=1S/C20H21N3O3S/c1-21-12-16-13-23-18(14-7-4-3-5-8-14)19(16)27(25,26)17-10-6-9-15(11-17)20(24)22-2/h3-11,13,21,23H,12H2,1-2H3,(H,22,24). The first-order valence-electron chi connectivity index (χ1n) is 8.46. The summed E-state index contributed by atoms with van der Waals surface area (Å²) in [6, 6.07) is 15.4. The molecule has 0 aliphatic carbocycles. The summed E-state index contributed by atoms with van der Waals surface area (Å²) in [6.45, 7) is 0.396. The van der Waals surface area contributed by atoms with Crippen molar-refractivity contribution in [1.82, 2.24) is 15.6 Å². The maximum atomic E-state index is 13.5. The van der Waals surface area contributed by atoms with E-state index in [1.54, 1.807) is 25.4 Å². The zero-order chi connectivity index (χ0) is 19.4. The molecule has 27 heavy (non-hydrogen) atoms. The molecule has 6 nitrogen and oxygen atoms in total. The maximum Gasteiger partial charge on any atom is 0.251 e. The van der Waals surface area contributed by atoms with E-state index < -0.39 is 9.84 Å². The third-order valence-electron chi connectivity index (χ3n) is 4.24. The Balaban J connectivity index is 2.20. The predicted molar refractivity (Wildman–Crippen MR) is 104 cm³/mol. The number of nitrogens with one attached hydrogen (secondary N) is 3. The second-order valence-electron chi connectivity index (χ2n) is 6.02. The van der Waals surface area contributed by atoms with Gasteiger partial charge < -0.3 is 15.6 Å². The van der Waals surface area contributed by atoms with Crippen LogP contribution in [-0.2, 0) is 16.4 Å². The monoisotopic (exact) mass is 383 g/mol. The van der Waals surface area contributed by atoms with Crippen molar-refractivity contribution < 1.29 is 13.2 Å². The molecule has 0 fully saturated rings. The highest BCUT2D eigenvalue weighted by atomic mass is 32.2. The minimum atomic E-state index is -3.84. The molecule has 0 unspecified atom stereocenters. The van der Waals surface area contributed by atoms with Gasteiger partial charge in [0.15, 0.2) is 0 Å². The van der Waals surface area contributed by atoms with Crippen molar-refractivity contribution in [3.05, 3.63) is 71.9 Å². The van der Waals surface area contributed by atoms with Gasteiger partial charge in [-0.15, -0.1) is 0 Å². The Morgan fingerprint density at radius 3 is 2.44 bits per heavy atom. The normalized spacial score (nSPS) is 11.3. The molecule has 1 heterocycles. The van der Waals surface area contributed by atoms with Crippen LogP contribution in [0.15, 0.2) is 70.6 Å². The van der Waals surface area contributed by atoms with Crippen LogP contribution < -0.4 is 10.6 Å². The Morgan fingerprint density at radius 1 is 1.04 bits per heavy atom. The number of carbonyl (C=O) groups is 1. The molecule has 0 saturated carbocycles. The van der Waals surface area contributed by atoms with Gasteiger partial charge >= 0.3 is 0 Å². The summed E-state index contributed by atoms with van der Waals surface area (Å²) in [5, 5.41) is 5.52.